The van der Waals surface area contributed by atoms with Crippen LogP contribution in [0, 0.1) is 0 Å². The molecule has 0 aromatic carbocycles. The van der Waals surface area contributed by atoms with Crippen molar-refractivity contribution in [2.75, 3.05) is 13.2 Å². The van der Waals surface area contributed by atoms with Crippen molar-refractivity contribution in [3.05, 3.63) is 12.2 Å². The molecule has 1 aliphatic carbocycles. The third-order valence-electron chi connectivity index (χ3n) is 3.71. The molecule has 1 aliphatic rings. The van der Waals surface area contributed by atoms with Gasteiger partial charge in [-0.15, -0.1) is 6.58 Å². The Labute approximate surface area is 107 Å². The summed E-state index contributed by atoms with van der Waals surface area (Å²) in [6, 6.07) is 0.447. The quantitative estimate of drug-likeness (QED) is 0.653. The topological polar surface area (TPSA) is 21.3 Å². The van der Waals surface area contributed by atoms with Crippen LogP contribution in [0.2, 0.25) is 0 Å². The van der Waals surface area contributed by atoms with Crippen LogP contribution in [0.4, 0.5) is 0 Å². The van der Waals surface area contributed by atoms with Crippen LogP contribution in [0.15, 0.2) is 12.2 Å². The van der Waals surface area contributed by atoms with Gasteiger partial charge in [-0.05, 0) is 46.1 Å². The van der Waals surface area contributed by atoms with Crippen molar-refractivity contribution in [3.8, 4) is 0 Å². The summed E-state index contributed by atoms with van der Waals surface area (Å²) in [6.45, 7) is 12.4. The van der Waals surface area contributed by atoms with Gasteiger partial charge < -0.3 is 10.1 Å². The highest BCUT2D eigenvalue weighted by Crippen LogP contribution is 2.38. The second-order valence-electron chi connectivity index (χ2n) is 5.37. The van der Waals surface area contributed by atoms with Gasteiger partial charge in [0.1, 0.15) is 0 Å². The second kappa shape index (κ2) is 7.17. The first-order chi connectivity index (χ1) is 8.14. The molecule has 1 fully saturated rings. The Balaban J connectivity index is 2.71. The van der Waals surface area contributed by atoms with Crippen LogP contribution < -0.4 is 5.32 Å². The van der Waals surface area contributed by atoms with Gasteiger partial charge >= 0.3 is 0 Å². The maximum Gasteiger partial charge on any atom is 0.0837 e. The van der Waals surface area contributed by atoms with E-state index in [-0.39, 0.29) is 5.60 Å². The van der Waals surface area contributed by atoms with Gasteiger partial charge in [0.25, 0.3) is 0 Å². The van der Waals surface area contributed by atoms with E-state index in [1.54, 1.807) is 0 Å². The molecule has 0 heterocycles. The van der Waals surface area contributed by atoms with Gasteiger partial charge in [0, 0.05) is 12.6 Å². The fourth-order valence-electron chi connectivity index (χ4n) is 2.97. The fraction of sp³-hybridized carbons (Fsp3) is 0.867. The van der Waals surface area contributed by atoms with E-state index in [0.29, 0.717) is 6.04 Å². The lowest BCUT2D eigenvalue weighted by atomic mass is 9.87. The maximum atomic E-state index is 6.15. The van der Waals surface area contributed by atoms with E-state index in [1.807, 2.05) is 0 Å². The Morgan fingerprint density at radius 2 is 2.00 bits per heavy atom. The van der Waals surface area contributed by atoms with Crippen LogP contribution in [0.3, 0.4) is 0 Å². The summed E-state index contributed by atoms with van der Waals surface area (Å²) in [6.07, 6.45) is 7.24. The second-order valence-corrected chi connectivity index (χ2v) is 5.37. The monoisotopic (exact) mass is 239 g/mol. The molecule has 2 nitrogen and oxygen atoms in total. The average molecular weight is 239 g/mol. The molecule has 1 saturated carbocycles. The van der Waals surface area contributed by atoms with Gasteiger partial charge in [-0.3, -0.25) is 0 Å². The molecule has 17 heavy (non-hydrogen) atoms. The number of nitrogens with one attached hydrogen (secondary N) is 1. The molecule has 1 N–H and O–H groups in total. The molecule has 0 aromatic rings. The number of hydrogen-bond acceptors (Lipinski definition) is 2. The van der Waals surface area contributed by atoms with Crippen molar-refractivity contribution in [2.24, 2.45) is 0 Å². The van der Waals surface area contributed by atoms with E-state index in [4.69, 9.17) is 4.74 Å². The van der Waals surface area contributed by atoms with Crippen molar-refractivity contribution in [1.29, 1.82) is 0 Å². The molecule has 0 aromatic heterocycles. The first kappa shape index (κ1) is 14.7. The van der Waals surface area contributed by atoms with Gasteiger partial charge in [0.2, 0.25) is 0 Å². The standard InChI is InChI=1S/C15H29NO/c1-5-11-16-14(12-13(3)4)15(17-6-2)9-7-8-10-15/h14,16H,3,5-12H2,1-2,4H3. The Morgan fingerprint density at radius 3 is 2.47 bits per heavy atom. The van der Waals surface area contributed by atoms with Crippen molar-refractivity contribution >= 4 is 0 Å². The Kier molecular flexibility index (Phi) is 6.21. The van der Waals surface area contributed by atoms with E-state index in [1.165, 1.54) is 37.7 Å². The molecular formula is C15H29NO. The van der Waals surface area contributed by atoms with Crippen LogP contribution in [0.1, 0.15) is 59.3 Å². The van der Waals surface area contributed by atoms with Crippen LogP contribution in [-0.4, -0.2) is 24.8 Å². The zero-order valence-corrected chi connectivity index (χ0v) is 11.8. The summed E-state index contributed by atoms with van der Waals surface area (Å²) in [5, 5.41) is 3.68. The van der Waals surface area contributed by atoms with Crippen LogP contribution in [-0.2, 0) is 4.74 Å². The predicted molar refractivity (Wildman–Crippen MR) is 74.3 cm³/mol. The lowest BCUT2D eigenvalue weighted by Crippen LogP contribution is -2.51. The van der Waals surface area contributed by atoms with Crippen LogP contribution in [0.5, 0.6) is 0 Å². The molecule has 0 bridgehead atoms. The summed E-state index contributed by atoms with van der Waals surface area (Å²) in [5.74, 6) is 0. The molecule has 1 atom stereocenters. The molecule has 0 radical (unpaired) electrons. The Bertz CT molecular complexity index is 231. The first-order valence-electron chi connectivity index (χ1n) is 7.16. The highest BCUT2D eigenvalue weighted by atomic mass is 16.5. The molecule has 0 amide bonds. The van der Waals surface area contributed by atoms with E-state index in [2.05, 4.69) is 32.7 Å². The molecule has 0 aliphatic heterocycles. The minimum absolute atomic E-state index is 0.0723. The molecule has 1 unspecified atom stereocenters. The summed E-state index contributed by atoms with van der Waals surface area (Å²) < 4.78 is 6.15. The third-order valence-corrected chi connectivity index (χ3v) is 3.71. The lowest BCUT2D eigenvalue weighted by molar-refractivity contribution is -0.0611. The molecule has 2 heteroatoms. The molecular weight excluding hydrogens is 210 g/mol. The lowest BCUT2D eigenvalue weighted by Gasteiger charge is -2.38. The number of hydrogen-bond donors (Lipinski definition) is 1. The van der Waals surface area contributed by atoms with Crippen molar-refractivity contribution in [3.63, 3.8) is 0 Å². The summed E-state index contributed by atoms with van der Waals surface area (Å²) in [5.41, 5.74) is 1.33. The van der Waals surface area contributed by atoms with Gasteiger partial charge in [-0.1, -0.05) is 25.3 Å². The van der Waals surface area contributed by atoms with Crippen molar-refractivity contribution < 1.29 is 4.74 Å². The average Bonchev–Trinajstić information content (AvgIpc) is 2.74. The van der Waals surface area contributed by atoms with Crippen molar-refractivity contribution in [1.82, 2.24) is 5.32 Å². The summed E-state index contributed by atoms with van der Waals surface area (Å²) in [7, 11) is 0. The smallest absolute Gasteiger partial charge is 0.0837 e. The van der Waals surface area contributed by atoms with Gasteiger partial charge in [0.15, 0.2) is 0 Å². The minimum atomic E-state index is 0.0723. The van der Waals surface area contributed by atoms with Gasteiger partial charge in [-0.2, -0.15) is 0 Å². The SMILES string of the molecule is C=C(C)CC(NCCC)C1(OCC)CCCC1. The van der Waals surface area contributed by atoms with E-state index < -0.39 is 0 Å². The first-order valence-corrected chi connectivity index (χ1v) is 7.16. The third kappa shape index (κ3) is 4.11. The normalized spacial score (nSPS) is 20.4. The predicted octanol–water partition coefficient (Wildman–Crippen LogP) is 3.67. The number of ether oxygens (including phenoxy) is 1. The molecule has 0 saturated heterocycles. The maximum absolute atomic E-state index is 6.15. The van der Waals surface area contributed by atoms with E-state index in [9.17, 15) is 0 Å². The van der Waals surface area contributed by atoms with Gasteiger partial charge in [0.05, 0.1) is 5.60 Å². The zero-order chi connectivity index (χ0) is 12.7. The largest absolute Gasteiger partial charge is 0.374 e. The number of rotatable bonds is 8. The van der Waals surface area contributed by atoms with E-state index in [0.717, 1.165) is 19.6 Å². The Morgan fingerprint density at radius 1 is 1.35 bits per heavy atom. The van der Waals surface area contributed by atoms with Crippen molar-refractivity contribution in [2.45, 2.75) is 70.9 Å². The highest BCUT2D eigenvalue weighted by molar-refractivity contribution is 5.04. The summed E-state index contributed by atoms with van der Waals surface area (Å²) >= 11 is 0. The highest BCUT2D eigenvalue weighted by Gasteiger charge is 2.41. The van der Waals surface area contributed by atoms with E-state index >= 15 is 0 Å². The molecule has 100 valence electrons. The van der Waals surface area contributed by atoms with Gasteiger partial charge in [-0.25, -0.2) is 0 Å². The van der Waals surface area contributed by atoms with Crippen LogP contribution in [0.25, 0.3) is 0 Å². The molecule has 0 spiro atoms. The molecule has 1 rings (SSSR count). The van der Waals surface area contributed by atoms with Crippen LogP contribution >= 0.6 is 0 Å². The fourth-order valence-corrected chi connectivity index (χ4v) is 2.97. The summed E-state index contributed by atoms with van der Waals surface area (Å²) in [4.78, 5) is 0. The Hall–Kier alpha value is -0.340. The zero-order valence-electron chi connectivity index (χ0n) is 11.8. The minimum Gasteiger partial charge on any atom is -0.374 e.